The fraction of sp³-hybridized carbons (Fsp3) is 0.429. The molecule has 1 aliphatic rings. The molecular formula is C14H21ClN2OSi. The Bertz CT molecular complexity index is 540. The average molecular weight is 297 g/mol. The van der Waals surface area contributed by atoms with Gasteiger partial charge in [0.25, 0.3) is 0 Å². The quantitative estimate of drug-likeness (QED) is 0.363. The monoisotopic (exact) mass is 296 g/mol. The number of hydrogen-bond acceptors (Lipinski definition) is 2. The Balaban J connectivity index is 2.31. The summed E-state index contributed by atoms with van der Waals surface area (Å²) in [7, 11) is 0. The molecule has 0 radical (unpaired) electrons. The molecule has 0 aliphatic carbocycles. The Kier molecular flexibility index (Phi) is 3.58. The maximum atomic E-state index is 6.66. The normalized spacial score (nSPS) is 22.3. The van der Waals surface area contributed by atoms with Crippen LogP contribution in [0.25, 0.3) is 0 Å². The molecule has 2 rings (SSSR count). The number of rotatable bonds is 3. The molecule has 0 spiro atoms. The van der Waals surface area contributed by atoms with Crippen molar-refractivity contribution in [3.8, 4) is 0 Å². The van der Waals surface area contributed by atoms with Crippen molar-refractivity contribution in [2.24, 2.45) is 5.10 Å². The summed E-state index contributed by atoms with van der Waals surface area (Å²) in [6.07, 6.45) is 1.42. The van der Waals surface area contributed by atoms with Crippen LogP contribution in [0.4, 0.5) is 0 Å². The van der Waals surface area contributed by atoms with Crippen LogP contribution in [0.2, 0.25) is 13.1 Å². The average Bonchev–Trinajstić information content (AvgIpc) is 2.49. The van der Waals surface area contributed by atoms with Gasteiger partial charge in [-0.15, -0.1) is 0 Å². The second-order valence-corrected chi connectivity index (χ2v) is 14.9. The predicted molar refractivity (Wildman–Crippen MR) is 83.5 cm³/mol. The van der Waals surface area contributed by atoms with Gasteiger partial charge in [-0.3, -0.25) is 0 Å². The molecule has 0 atom stereocenters. The topological polar surface area (TPSA) is 24.6 Å². The molecule has 0 aromatic heterocycles. The van der Waals surface area contributed by atoms with Gasteiger partial charge in [0.2, 0.25) is 0 Å². The summed E-state index contributed by atoms with van der Waals surface area (Å²) in [5.74, 6) is 0.862. The summed E-state index contributed by atoms with van der Waals surface area (Å²) in [5, 5.41) is 4.54. The van der Waals surface area contributed by atoms with E-state index in [0.717, 1.165) is 18.0 Å². The third-order valence-corrected chi connectivity index (χ3v) is 5.47. The van der Waals surface area contributed by atoms with Gasteiger partial charge in [0.15, 0.2) is 0 Å². The van der Waals surface area contributed by atoms with E-state index in [4.69, 9.17) is 15.5 Å². The second-order valence-electron chi connectivity index (χ2n) is 6.11. The number of hydrogen-bond donors (Lipinski definition) is 0. The molecule has 0 saturated carbocycles. The minimum absolute atomic E-state index is 0.689. The van der Waals surface area contributed by atoms with Gasteiger partial charge in [-0.1, -0.05) is 0 Å². The van der Waals surface area contributed by atoms with Gasteiger partial charge in [-0.25, -0.2) is 0 Å². The predicted octanol–water partition coefficient (Wildman–Crippen LogP) is 3.50. The summed E-state index contributed by atoms with van der Waals surface area (Å²) in [5.41, 5.74) is 2.21. The van der Waals surface area contributed by atoms with Crippen LogP contribution in [0, 0.1) is 0 Å². The van der Waals surface area contributed by atoms with Crippen LogP contribution in [0.5, 0.6) is 0 Å². The maximum absolute atomic E-state index is 6.66. The zero-order chi connectivity index (χ0) is 14.1. The number of halogens is 1. The van der Waals surface area contributed by atoms with E-state index < -0.39 is 6.90 Å². The van der Waals surface area contributed by atoms with Gasteiger partial charge in [0.1, 0.15) is 0 Å². The molecule has 0 amide bonds. The first kappa shape index (κ1) is 14.3. The molecule has 0 fully saturated rings. The van der Waals surface area contributed by atoms with Crippen molar-refractivity contribution in [3.05, 3.63) is 35.9 Å². The van der Waals surface area contributed by atoms with E-state index in [2.05, 4.69) is 17.2 Å². The van der Waals surface area contributed by atoms with E-state index in [-0.39, 0.29) is 0 Å². The molecule has 0 N–H and O–H groups in total. The van der Waals surface area contributed by atoms with Crippen LogP contribution in [0.15, 0.2) is 35.4 Å². The Morgan fingerprint density at radius 2 is 1.95 bits per heavy atom. The van der Waals surface area contributed by atoms with Crippen LogP contribution in [-0.4, -0.2) is 29.4 Å². The molecule has 0 bridgehead atoms. The third kappa shape index (κ3) is 3.91. The van der Waals surface area contributed by atoms with Gasteiger partial charge in [-0.05, 0) is 0 Å². The SMILES string of the molecule is CC(C)=N[N+]1=C(Cc2ccccc2)O[Si-](C)(C)(Cl)C1. The molecular weight excluding hydrogens is 276 g/mol. The van der Waals surface area contributed by atoms with Crippen molar-refractivity contribution in [1.29, 1.82) is 0 Å². The minimum atomic E-state index is -2.85. The number of hydrazone groups is 1. The summed E-state index contributed by atoms with van der Waals surface area (Å²) < 4.78 is 8.04. The Labute approximate surface area is 119 Å². The van der Waals surface area contributed by atoms with Gasteiger partial charge in [-0.2, -0.15) is 0 Å². The van der Waals surface area contributed by atoms with Gasteiger partial charge in [0, 0.05) is 0 Å². The summed E-state index contributed by atoms with van der Waals surface area (Å²) in [4.78, 5) is 0. The van der Waals surface area contributed by atoms with Crippen LogP contribution in [0.1, 0.15) is 19.4 Å². The summed E-state index contributed by atoms with van der Waals surface area (Å²) in [6.45, 7) is 5.18. The van der Waals surface area contributed by atoms with Crippen LogP contribution in [-0.2, 0) is 10.8 Å². The van der Waals surface area contributed by atoms with E-state index in [9.17, 15) is 0 Å². The standard InChI is InChI=1S/C14H21ClN2OSi/c1-12(2)16-17-11-19(3,4,15)18-14(17)10-13-8-6-5-7-9-13/h5-9H,10-11H2,1-4H3. The fourth-order valence-electron chi connectivity index (χ4n) is 2.18. The van der Waals surface area contributed by atoms with Crippen molar-refractivity contribution >= 4 is 29.6 Å². The van der Waals surface area contributed by atoms with Crippen molar-refractivity contribution in [1.82, 2.24) is 0 Å². The molecule has 19 heavy (non-hydrogen) atoms. The molecule has 0 saturated heterocycles. The number of benzene rings is 1. The Hall–Kier alpha value is -1.13. The molecule has 1 heterocycles. The molecule has 1 aromatic rings. The van der Waals surface area contributed by atoms with E-state index in [1.54, 1.807) is 0 Å². The number of nitrogens with zero attached hydrogens (tertiary/aromatic N) is 2. The van der Waals surface area contributed by atoms with Crippen LogP contribution >= 0.6 is 11.1 Å². The van der Waals surface area contributed by atoms with Gasteiger partial charge in [0.05, 0.1) is 0 Å². The van der Waals surface area contributed by atoms with Crippen molar-refractivity contribution in [2.45, 2.75) is 33.4 Å². The van der Waals surface area contributed by atoms with E-state index in [0.29, 0.717) is 6.17 Å². The first-order valence-corrected chi connectivity index (χ1v) is 11.2. The van der Waals surface area contributed by atoms with E-state index in [1.807, 2.05) is 49.8 Å². The summed E-state index contributed by atoms with van der Waals surface area (Å²) >= 11 is 6.66. The van der Waals surface area contributed by atoms with Gasteiger partial charge < -0.3 is 0 Å². The molecule has 104 valence electrons. The molecule has 1 aliphatic heterocycles. The van der Waals surface area contributed by atoms with Gasteiger partial charge >= 0.3 is 119 Å². The molecule has 3 nitrogen and oxygen atoms in total. The fourth-order valence-corrected chi connectivity index (χ4v) is 4.84. The van der Waals surface area contributed by atoms with Crippen molar-refractivity contribution < 1.29 is 9.11 Å². The Morgan fingerprint density at radius 1 is 1.32 bits per heavy atom. The van der Waals surface area contributed by atoms with Crippen molar-refractivity contribution in [3.63, 3.8) is 0 Å². The summed E-state index contributed by atoms with van der Waals surface area (Å²) in [6, 6.07) is 10.3. The van der Waals surface area contributed by atoms with E-state index in [1.165, 1.54) is 5.56 Å². The zero-order valence-corrected chi connectivity index (χ0v) is 13.7. The first-order chi connectivity index (χ1) is 8.73. The third-order valence-electron chi connectivity index (χ3n) is 2.83. The molecule has 1 aromatic carbocycles. The second kappa shape index (κ2) is 4.76. The molecule has 5 heteroatoms. The zero-order valence-electron chi connectivity index (χ0n) is 12.0. The first-order valence-electron chi connectivity index (χ1n) is 6.53. The molecule has 0 unspecified atom stereocenters. The Morgan fingerprint density at radius 3 is 2.53 bits per heavy atom. The van der Waals surface area contributed by atoms with Crippen LogP contribution in [0.3, 0.4) is 0 Å². The van der Waals surface area contributed by atoms with Crippen molar-refractivity contribution in [2.75, 3.05) is 6.17 Å². The van der Waals surface area contributed by atoms with E-state index >= 15 is 0 Å². The van der Waals surface area contributed by atoms with Crippen LogP contribution < -0.4 is 0 Å².